The minimum absolute atomic E-state index is 0.0719. The maximum Gasteiger partial charge on any atom is 0.254 e. The molecule has 0 unspecified atom stereocenters. The molecule has 0 aliphatic carbocycles. The Morgan fingerprint density at radius 3 is 2.96 bits per heavy atom. The van der Waals surface area contributed by atoms with Crippen LogP contribution in [0.15, 0.2) is 4.79 Å². The van der Waals surface area contributed by atoms with Crippen LogP contribution in [0.5, 0.6) is 0 Å². The van der Waals surface area contributed by atoms with Crippen LogP contribution in [0.25, 0.3) is 0 Å². The van der Waals surface area contributed by atoms with Crippen LogP contribution < -0.4 is 10.9 Å². The number of rotatable bonds is 3. The van der Waals surface area contributed by atoms with Crippen molar-refractivity contribution in [1.29, 1.82) is 0 Å². The van der Waals surface area contributed by atoms with E-state index in [-0.39, 0.29) is 30.0 Å². The van der Waals surface area contributed by atoms with Crippen LogP contribution in [0.4, 0.5) is 0 Å². The van der Waals surface area contributed by atoms with Crippen LogP contribution in [0.3, 0.4) is 0 Å². The summed E-state index contributed by atoms with van der Waals surface area (Å²) < 4.78 is 5.68. The molecule has 0 spiro atoms. The molecule has 0 saturated carbocycles. The fraction of sp³-hybridized carbons (Fsp3) is 0.688. The van der Waals surface area contributed by atoms with E-state index < -0.39 is 0 Å². The maximum atomic E-state index is 12.3. The first-order valence-corrected chi connectivity index (χ1v) is 8.13. The molecule has 2 aliphatic heterocycles. The van der Waals surface area contributed by atoms with Crippen LogP contribution >= 0.6 is 0 Å². The molecule has 0 radical (unpaired) electrons. The summed E-state index contributed by atoms with van der Waals surface area (Å²) in [4.78, 5) is 33.5. The number of aromatic nitrogens is 2. The summed E-state index contributed by atoms with van der Waals surface area (Å²) in [5.74, 6) is 0.446. The molecule has 1 aromatic rings. The van der Waals surface area contributed by atoms with Crippen molar-refractivity contribution in [2.24, 2.45) is 0 Å². The zero-order valence-electron chi connectivity index (χ0n) is 13.9. The van der Waals surface area contributed by atoms with E-state index in [0.717, 1.165) is 26.1 Å². The third kappa shape index (κ3) is 3.61. The van der Waals surface area contributed by atoms with Gasteiger partial charge in [0.25, 0.3) is 5.56 Å². The van der Waals surface area contributed by atoms with E-state index in [1.54, 1.807) is 13.8 Å². The fourth-order valence-corrected chi connectivity index (χ4v) is 3.54. The summed E-state index contributed by atoms with van der Waals surface area (Å²) >= 11 is 0. The average molecular weight is 320 g/mol. The van der Waals surface area contributed by atoms with Crippen molar-refractivity contribution in [3.63, 3.8) is 0 Å². The zero-order valence-corrected chi connectivity index (χ0v) is 13.9. The zero-order chi connectivity index (χ0) is 16.6. The Morgan fingerprint density at radius 1 is 1.43 bits per heavy atom. The van der Waals surface area contributed by atoms with Crippen molar-refractivity contribution in [3.05, 3.63) is 27.4 Å². The van der Waals surface area contributed by atoms with Gasteiger partial charge >= 0.3 is 0 Å². The SMILES string of the molecule is Cc1nc(C)c(CC(=O)N[C@H]2C[C@H]3CO[C@@H](C)CN3C2)c(=O)[nH]1. The third-order valence-electron chi connectivity index (χ3n) is 4.64. The van der Waals surface area contributed by atoms with Gasteiger partial charge in [0.1, 0.15) is 5.82 Å². The molecule has 0 bridgehead atoms. The van der Waals surface area contributed by atoms with Crippen LogP contribution in [0.1, 0.15) is 30.4 Å². The average Bonchev–Trinajstić information content (AvgIpc) is 2.84. The molecule has 2 saturated heterocycles. The van der Waals surface area contributed by atoms with Crippen LogP contribution in [-0.4, -0.2) is 58.7 Å². The lowest BCUT2D eigenvalue weighted by Gasteiger charge is -2.33. The Hall–Kier alpha value is -1.73. The van der Waals surface area contributed by atoms with E-state index in [0.29, 0.717) is 23.1 Å². The van der Waals surface area contributed by atoms with Gasteiger partial charge in [-0.2, -0.15) is 0 Å². The number of hydrogen-bond donors (Lipinski definition) is 2. The number of H-pyrrole nitrogens is 1. The fourth-order valence-electron chi connectivity index (χ4n) is 3.54. The Morgan fingerprint density at radius 2 is 2.22 bits per heavy atom. The highest BCUT2D eigenvalue weighted by Gasteiger charge is 2.36. The number of aryl methyl sites for hydroxylation is 2. The number of ether oxygens (including phenoxy) is 1. The van der Waals surface area contributed by atoms with E-state index in [1.807, 2.05) is 0 Å². The molecule has 0 aromatic carbocycles. The molecule has 3 heterocycles. The first-order valence-electron chi connectivity index (χ1n) is 8.13. The molecule has 2 aliphatic rings. The highest BCUT2D eigenvalue weighted by molar-refractivity contribution is 5.79. The van der Waals surface area contributed by atoms with Crippen molar-refractivity contribution in [1.82, 2.24) is 20.2 Å². The first kappa shape index (κ1) is 16.1. The van der Waals surface area contributed by atoms with Gasteiger partial charge in [-0.15, -0.1) is 0 Å². The maximum absolute atomic E-state index is 12.3. The van der Waals surface area contributed by atoms with Crippen molar-refractivity contribution in [2.45, 2.75) is 51.8 Å². The van der Waals surface area contributed by atoms with E-state index in [9.17, 15) is 9.59 Å². The molecule has 2 N–H and O–H groups in total. The molecule has 7 nitrogen and oxygen atoms in total. The summed E-state index contributed by atoms with van der Waals surface area (Å²) in [5.41, 5.74) is 0.837. The number of morpholine rings is 1. The van der Waals surface area contributed by atoms with Crippen LogP contribution in [0.2, 0.25) is 0 Å². The monoisotopic (exact) mass is 320 g/mol. The number of fused-ring (bicyclic) bond motifs is 1. The van der Waals surface area contributed by atoms with Crippen LogP contribution in [0, 0.1) is 13.8 Å². The van der Waals surface area contributed by atoms with Gasteiger partial charge in [0.15, 0.2) is 0 Å². The highest BCUT2D eigenvalue weighted by Crippen LogP contribution is 2.23. The molecule has 7 heteroatoms. The van der Waals surface area contributed by atoms with Crippen molar-refractivity contribution in [2.75, 3.05) is 19.7 Å². The molecule has 1 amide bonds. The Balaban J connectivity index is 1.59. The molecule has 1 aromatic heterocycles. The number of aromatic amines is 1. The number of amides is 1. The summed E-state index contributed by atoms with van der Waals surface area (Å²) in [7, 11) is 0. The topological polar surface area (TPSA) is 87.3 Å². The minimum Gasteiger partial charge on any atom is -0.376 e. The first-order chi connectivity index (χ1) is 10.9. The van der Waals surface area contributed by atoms with Gasteiger partial charge < -0.3 is 15.0 Å². The summed E-state index contributed by atoms with van der Waals surface area (Å²) in [6.45, 7) is 8.06. The van der Waals surface area contributed by atoms with Crippen molar-refractivity contribution in [3.8, 4) is 0 Å². The molecule has 2 fully saturated rings. The quantitative estimate of drug-likeness (QED) is 0.812. The second-order valence-corrected chi connectivity index (χ2v) is 6.64. The Labute approximate surface area is 135 Å². The molecule has 3 atom stereocenters. The number of carbonyl (C=O) groups excluding carboxylic acids is 1. The van der Waals surface area contributed by atoms with E-state index >= 15 is 0 Å². The van der Waals surface area contributed by atoms with Gasteiger partial charge in [-0.1, -0.05) is 0 Å². The second kappa shape index (κ2) is 6.41. The van der Waals surface area contributed by atoms with Gasteiger partial charge in [0, 0.05) is 36.4 Å². The molecular formula is C16H24N4O3. The second-order valence-electron chi connectivity index (χ2n) is 6.64. The lowest BCUT2D eigenvalue weighted by molar-refractivity contribution is -0.121. The molecular weight excluding hydrogens is 296 g/mol. The predicted molar refractivity (Wildman–Crippen MR) is 85.4 cm³/mol. The molecule has 126 valence electrons. The van der Waals surface area contributed by atoms with E-state index in [1.165, 1.54) is 0 Å². The minimum atomic E-state index is -0.226. The molecule has 23 heavy (non-hydrogen) atoms. The summed E-state index contributed by atoms with van der Waals surface area (Å²) in [6.07, 6.45) is 1.23. The lowest BCUT2D eigenvalue weighted by Crippen LogP contribution is -2.45. The number of nitrogens with one attached hydrogen (secondary N) is 2. The van der Waals surface area contributed by atoms with Gasteiger partial charge in [-0.05, 0) is 27.2 Å². The number of nitrogens with zero attached hydrogens (tertiary/aromatic N) is 2. The van der Waals surface area contributed by atoms with Crippen LogP contribution in [-0.2, 0) is 16.0 Å². The number of carbonyl (C=O) groups is 1. The Bertz CT molecular complexity index is 657. The normalized spacial score (nSPS) is 27.7. The van der Waals surface area contributed by atoms with Crippen molar-refractivity contribution >= 4 is 5.91 Å². The third-order valence-corrected chi connectivity index (χ3v) is 4.64. The largest absolute Gasteiger partial charge is 0.376 e. The number of hydrogen-bond acceptors (Lipinski definition) is 5. The smallest absolute Gasteiger partial charge is 0.254 e. The van der Waals surface area contributed by atoms with Gasteiger partial charge in [0.2, 0.25) is 5.91 Å². The van der Waals surface area contributed by atoms with Gasteiger partial charge in [-0.3, -0.25) is 14.5 Å². The van der Waals surface area contributed by atoms with E-state index in [4.69, 9.17) is 4.74 Å². The van der Waals surface area contributed by atoms with Gasteiger partial charge in [-0.25, -0.2) is 4.98 Å². The van der Waals surface area contributed by atoms with Gasteiger partial charge in [0.05, 0.1) is 19.1 Å². The predicted octanol–water partition coefficient (Wildman–Crippen LogP) is -0.0930. The highest BCUT2D eigenvalue weighted by atomic mass is 16.5. The van der Waals surface area contributed by atoms with Crippen molar-refractivity contribution < 1.29 is 9.53 Å². The Kier molecular flexibility index (Phi) is 4.50. The van der Waals surface area contributed by atoms with E-state index in [2.05, 4.69) is 27.1 Å². The molecule has 3 rings (SSSR count). The lowest BCUT2D eigenvalue weighted by atomic mass is 10.1. The standard InChI is InChI=1S/C16H24N4O3/c1-9-6-20-7-12(4-13(20)8-23-9)19-15(21)5-14-10(2)17-11(3)18-16(14)22/h9,12-13H,4-8H2,1-3H3,(H,19,21)(H,17,18,22)/t9-,12-,13-/m0/s1. The summed E-state index contributed by atoms with van der Waals surface area (Å²) in [5, 5.41) is 3.05. The summed E-state index contributed by atoms with van der Waals surface area (Å²) in [6, 6.07) is 0.516.